The summed E-state index contributed by atoms with van der Waals surface area (Å²) in [4.78, 5) is 11.8. The van der Waals surface area contributed by atoms with E-state index in [1.807, 2.05) is 31.2 Å². The third kappa shape index (κ3) is 4.52. The molecule has 1 unspecified atom stereocenters. The van der Waals surface area contributed by atoms with E-state index >= 15 is 0 Å². The molecule has 102 valence electrons. The van der Waals surface area contributed by atoms with Crippen molar-refractivity contribution in [2.75, 3.05) is 18.4 Å². The van der Waals surface area contributed by atoms with Crippen molar-refractivity contribution in [3.63, 3.8) is 0 Å². The fraction of sp³-hybridized carbons (Fsp3) is 0.438. The Bertz CT molecular complexity index is 454. The van der Waals surface area contributed by atoms with Crippen LogP contribution >= 0.6 is 0 Å². The van der Waals surface area contributed by atoms with Crippen molar-refractivity contribution >= 4 is 11.6 Å². The fourth-order valence-corrected chi connectivity index (χ4v) is 2.34. The van der Waals surface area contributed by atoms with E-state index in [1.165, 1.54) is 12.8 Å². The normalized spacial score (nSPS) is 18.3. The molecule has 2 rings (SSSR count). The Balaban J connectivity index is 1.70. The van der Waals surface area contributed by atoms with Gasteiger partial charge in [0, 0.05) is 5.69 Å². The predicted octanol–water partition coefficient (Wildman–Crippen LogP) is 2.88. The number of aryl methyl sites for hydroxylation is 1. The third-order valence-electron chi connectivity index (χ3n) is 3.52. The van der Waals surface area contributed by atoms with Crippen LogP contribution in [0.2, 0.25) is 0 Å². The van der Waals surface area contributed by atoms with Gasteiger partial charge in [0.1, 0.15) is 0 Å². The number of para-hydroxylation sites is 1. The van der Waals surface area contributed by atoms with Gasteiger partial charge < -0.3 is 10.6 Å². The second-order valence-corrected chi connectivity index (χ2v) is 5.14. The maximum Gasteiger partial charge on any atom is 0.238 e. The molecule has 0 bridgehead atoms. The molecule has 19 heavy (non-hydrogen) atoms. The van der Waals surface area contributed by atoms with E-state index in [0.717, 1.165) is 24.2 Å². The molecule has 0 fully saturated rings. The van der Waals surface area contributed by atoms with Crippen molar-refractivity contribution in [1.82, 2.24) is 5.32 Å². The van der Waals surface area contributed by atoms with Gasteiger partial charge in [0.2, 0.25) is 5.91 Å². The Hall–Kier alpha value is -1.61. The molecule has 3 heteroatoms. The lowest BCUT2D eigenvalue weighted by Crippen LogP contribution is -2.32. The van der Waals surface area contributed by atoms with Crippen LogP contribution in [0.15, 0.2) is 36.4 Å². The standard InChI is InChI=1S/C16H22N2O/c1-13-7-5-6-10-15(13)18-16(19)12-17-11-14-8-3-2-4-9-14/h2-3,5-7,10,14,17H,4,8-9,11-12H2,1H3,(H,18,19). The molecular formula is C16H22N2O. The van der Waals surface area contributed by atoms with Crippen LogP contribution in [0.5, 0.6) is 0 Å². The molecule has 0 aliphatic heterocycles. The summed E-state index contributed by atoms with van der Waals surface area (Å²) in [6.07, 6.45) is 8.00. The van der Waals surface area contributed by atoms with Crippen LogP contribution in [-0.2, 0) is 4.79 Å². The minimum Gasteiger partial charge on any atom is -0.325 e. The summed E-state index contributed by atoms with van der Waals surface area (Å²) in [6, 6.07) is 7.83. The van der Waals surface area contributed by atoms with E-state index in [4.69, 9.17) is 0 Å². The van der Waals surface area contributed by atoms with Crippen LogP contribution in [0.25, 0.3) is 0 Å². The van der Waals surface area contributed by atoms with Gasteiger partial charge in [-0.1, -0.05) is 30.4 Å². The minimum absolute atomic E-state index is 0.0284. The molecule has 0 saturated heterocycles. The van der Waals surface area contributed by atoms with Crippen molar-refractivity contribution in [2.24, 2.45) is 5.92 Å². The number of amides is 1. The topological polar surface area (TPSA) is 41.1 Å². The molecule has 2 N–H and O–H groups in total. The van der Waals surface area contributed by atoms with Crippen LogP contribution in [0, 0.1) is 12.8 Å². The first-order valence-corrected chi connectivity index (χ1v) is 6.97. The highest BCUT2D eigenvalue weighted by Gasteiger charge is 2.10. The fourth-order valence-electron chi connectivity index (χ4n) is 2.34. The molecule has 1 aliphatic carbocycles. The maximum absolute atomic E-state index is 11.8. The zero-order chi connectivity index (χ0) is 13.5. The summed E-state index contributed by atoms with van der Waals surface area (Å²) in [7, 11) is 0. The summed E-state index contributed by atoms with van der Waals surface area (Å²) in [5.41, 5.74) is 1.99. The van der Waals surface area contributed by atoms with Crippen molar-refractivity contribution in [1.29, 1.82) is 0 Å². The van der Waals surface area contributed by atoms with Crippen LogP contribution in [-0.4, -0.2) is 19.0 Å². The Morgan fingerprint density at radius 1 is 1.32 bits per heavy atom. The number of carbonyl (C=O) groups is 1. The Kier molecular flexibility index (Phi) is 5.16. The van der Waals surface area contributed by atoms with E-state index < -0.39 is 0 Å². The SMILES string of the molecule is Cc1ccccc1NC(=O)CNCC1CC=CCC1. The number of benzene rings is 1. The summed E-state index contributed by atoms with van der Waals surface area (Å²) >= 11 is 0. The highest BCUT2D eigenvalue weighted by Crippen LogP contribution is 2.16. The highest BCUT2D eigenvalue weighted by atomic mass is 16.1. The van der Waals surface area contributed by atoms with Crippen LogP contribution in [0.3, 0.4) is 0 Å². The second kappa shape index (κ2) is 7.10. The number of carbonyl (C=O) groups excluding carboxylic acids is 1. The first-order valence-electron chi connectivity index (χ1n) is 6.97. The first-order chi connectivity index (χ1) is 9.25. The Labute approximate surface area is 115 Å². The van der Waals surface area contributed by atoms with Crippen molar-refractivity contribution in [3.8, 4) is 0 Å². The number of hydrogen-bond donors (Lipinski definition) is 2. The predicted molar refractivity (Wildman–Crippen MR) is 79.2 cm³/mol. The first kappa shape index (κ1) is 13.8. The Morgan fingerprint density at radius 2 is 2.16 bits per heavy atom. The number of nitrogens with one attached hydrogen (secondary N) is 2. The van der Waals surface area contributed by atoms with Crippen LogP contribution < -0.4 is 10.6 Å². The second-order valence-electron chi connectivity index (χ2n) is 5.14. The quantitative estimate of drug-likeness (QED) is 0.797. The summed E-state index contributed by atoms with van der Waals surface area (Å²) in [5, 5.41) is 6.18. The van der Waals surface area contributed by atoms with Crippen molar-refractivity contribution in [2.45, 2.75) is 26.2 Å². The largest absolute Gasteiger partial charge is 0.325 e. The zero-order valence-corrected chi connectivity index (χ0v) is 11.5. The molecule has 0 spiro atoms. The lowest BCUT2D eigenvalue weighted by Gasteiger charge is -2.18. The van der Waals surface area contributed by atoms with Gasteiger partial charge in [-0.3, -0.25) is 4.79 Å². The zero-order valence-electron chi connectivity index (χ0n) is 11.5. The van der Waals surface area contributed by atoms with Gasteiger partial charge in [-0.15, -0.1) is 0 Å². The minimum atomic E-state index is 0.0284. The third-order valence-corrected chi connectivity index (χ3v) is 3.52. The molecule has 1 aliphatic rings. The van der Waals surface area contributed by atoms with Gasteiger partial charge in [0.25, 0.3) is 0 Å². The average molecular weight is 258 g/mol. The number of allylic oxidation sites excluding steroid dienone is 2. The molecule has 0 saturated carbocycles. The van der Waals surface area contributed by atoms with Gasteiger partial charge in [0.15, 0.2) is 0 Å². The molecule has 1 atom stereocenters. The van der Waals surface area contributed by atoms with E-state index in [0.29, 0.717) is 12.5 Å². The summed E-state index contributed by atoms with van der Waals surface area (Å²) in [6.45, 7) is 3.30. The maximum atomic E-state index is 11.8. The van der Waals surface area contributed by atoms with Crippen molar-refractivity contribution in [3.05, 3.63) is 42.0 Å². The van der Waals surface area contributed by atoms with E-state index in [1.54, 1.807) is 0 Å². The van der Waals surface area contributed by atoms with Crippen molar-refractivity contribution < 1.29 is 4.79 Å². The van der Waals surface area contributed by atoms with Crippen LogP contribution in [0.4, 0.5) is 5.69 Å². The van der Waals surface area contributed by atoms with E-state index in [2.05, 4.69) is 22.8 Å². The molecule has 1 aromatic carbocycles. The number of anilines is 1. The molecule has 3 nitrogen and oxygen atoms in total. The highest BCUT2D eigenvalue weighted by molar-refractivity contribution is 5.92. The summed E-state index contributed by atoms with van der Waals surface area (Å²) in [5.74, 6) is 0.705. The number of rotatable bonds is 5. The molecule has 0 heterocycles. The lowest BCUT2D eigenvalue weighted by atomic mass is 9.94. The molecule has 1 amide bonds. The molecule has 0 radical (unpaired) electrons. The monoisotopic (exact) mass is 258 g/mol. The lowest BCUT2D eigenvalue weighted by molar-refractivity contribution is -0.115. The smallest absolute Gasteiger partial charge is 0.238 e. The molecule has 1 aromatic rings. The van der Waals surface area contributed by atoms with Gasteiger partial charge >= 0.3 is 0 Å². The van der Waals surface area contributed by atoms with Gasteiger partial charge in [0.05, 0.1) is 6.54 Å². The van der Waals surface area contributed by atoms with E-state index in [9.17, 15) is 4.79 Å². The number of hydrogen-bond acceptors (Lipinski definition) is 2. The van der Waals surface area contributed by atoms with Gasteiger partial charge in [-0.05, 0) is 50.3 Å². The molecular weight excluding hydrogens is 236 g/mol. The molecule has 0 aromatic heterocycles. The van der Waals surface area contributed by atoms with E-state index in [-0.39, 0.29) is 5.91 Å². The van der Waals surface area contributed by atoms with Crippen LogP contribution in [0.1, 0.15) is 24.8 Å². The Morgan fingerprint density at radius 3 is 2.89 bits per heavy atom. The summed E-state index contributed by atoms with van der Waals surface area (Å²) < 4.78 is 0. The average Bonchev–Trinajstić information content (AvgIpc) is 2.43. The van der Waals surface area contributed by atoms with Gasteiger partial charge in [-0.2, -0.15) is 0 Å². The van der Waals surface area contributed by atoms with Gasteiger partial charge in [-0.25, -0.2) is 0 Å².